The van der Waals surface area contributed by atoms with Crippen molar-refractivity contribution in [1.82, 2.24) is 0 Å². The largest absolute Gasteiger partial charge is 0.0810 e. The molecule has 0 aromatic rings. The summed E-state index contributed by atoms with van der Waals surface area (Å²) < 4.78 is 0. The first-order chi connectivity index (χ1) is 11.1. The first kappa shape index (κ1) is 23.5. The molecule has 0 rings (SSSR count). The molecule has 0 saturated heterocycles. The molecule has 2 unspecified atom stereocenters. The van der Waals surface area contributed by atoms with E-state index in [-0.39, 0.29) is 0 Å². The molecule has 0 saturated carbocycles. The second-order valence-electron chi connectivity index (χ2n) is 8.92. The Morgan fingerprint density at radius 3 is 2.00 bits per heavy atom. The molecule has 0 aliphatic rings. The van der Waals surface area contributed by atoms with Crippen LogP contribution in [0.25, 0.3) is 0 Å². The monoisotopic (exact) mass is 334 g/mol. The van der Waals surface area contributed by atoms with Gasteiger partial charge in [0.25, 0.3) is 0 Å². The molecule has 2 atom stereocenters. The van der Waals surface area contributed by atoms with Crippen LogP contribution in [0.4, 0.5) is 0 Å². The molecule has 0 nitrogen and oxygen atoms in total. The molecule has 24 heavy (non-hydrogen) atoms. The lowest BCUT2D eigenvalue weighted by molar-refractivity contribution is 0.300. The Morgan fingerprint density at radius 2 is 1.58 bits per heavy atom. The third kappa shape index (κ3) is 7.58. The van der Waals surface area contributed by atoms with Crippen LogP contribution in [0.15, 0.2) is 22.8 Å². The number of hydrogen-bond donors (Lipinski definition) is 0. The molecule has 0 N–H and O–H groups in total. The zero-order valence-electron chi connectivity index (χ0n) is 18.6. The molecule has 0 aliphatic heterocycles. The van der Waals surface area contributed by atoms with Gasteiger partial charge in [0, 0.05) is 0 Å². The molecule has 0 heteroatoms. The highest BCUT2D eigenvalue weighted by atomic mass is 14.3. The third-order valence-electron chi connectivity index (χ3n) is 6.43. The maximum absolute atomic E-state index is 2.50. The molecule has 0 fully saturated rings. The van der Waals surface area contributed by atoms with Crippen molar-refractivity contribution in [2.24, 2.45) is 23.2 Å². The van der Waals surface area contributed by atoms with E-state index >= 15 is 0 Å². The fourth-order valence-corrected chi connectivity index (χ4v) is 3.50. The Morgan fingerprint density at radius 1 is 1.00 bits per heavy atom. The topological polar surface area (TPSA) is 0 Å². The van der Waals surface area contributed by atoms with Crippen LogP contribution in [0, 0.1) is 23.2 Å². The van der Waals surface area contributed by atoms with Gasteiger partial charge in [0.1, 0.15) is 0 Å². The molecule has 0 heterocycles. The van der Waals surface area contributed by atoms with E-state index in [1.807, 2.05) is 0 Å². The smallest absolute Gasteiger partial charge is 0.0165 e. The van der Waals surface area contributed by atoms with Crippen molar-refractivity contribution < 1.29 is 0 Å². The highest BCUT2D eigenvalue weighted by molar-refractivity contribution is 5.36. The summed E-state index contributed by atoms with van der Waals surface area (Å²) in [6.45, 7) is 23.6. The van der Waals surface area contributed by atoms with Gasteiger partial charge in [-0.1, -0.05) is 79.9 Å². The Balaban J connectivity index is 5.25. The van der Waals surface area contributed by atoms with Gasteiger partial charge in [-0.25, -0.2) is 0 Å². The van der Waals surface area contributed by atoms with Crippen molar-refractivity contribution >= 4 is 0 Å². The van der Waals surface area contributed by atoms with Crippen molar-refractivity contribution in [2.45, 2.75) is 108 Å². The zero-order chi connectivity index (χ0) is 18.9. The number of hydrogen-bond acceptors (Lipinski definition) is 0. The van der Waals surface area contributed by atoms with Gasteiger partial charge < -0.3 is 0 Å². The highest BCUT2D eigenvalue weighted by Crippen LogP contribution is 2.35. The quantitative estimate of drug-likeness (QED) is 0.332. The summed E-state index contributed by atoms with van der Waals surface area (Å²) in [7, 11) is 0. The van der Waals surface area contributed by atoms with Crippen molar-refractivity contribution in [3.8, 4) is 0 Å². The first-order valence-electron chi connectivity index (χ1n) is 10.5. The van der Waals surface area contributed by atoms with E-state index in [2.05, 4.69) is 75.3 Å². The van der Waals surface area contributed by atoms with Crippen LogP contribution in [0.3, 0.4) is 0 Å². The summed E-state index contributed by atoms with van der Waals surface area (Å²) >= 11 is 0. The molecule has 0 spiro atoms. The molecular formula is C24H46. The fraction of sp³-hybridized carbons (Fsp3) is 0.833. The number of allylic oxidation sites excluding steroid dienone is 4. The van der Waals surface area contributed by atoms with E-state index < -0.39 is 0 Å². The zero-order valence-corrected chi connectivity index (χ0v) is 18.6. The van der Waals surface area contributed by atoms with Gasteiger partial charge in [-0.2, -0.15) is 0 Å². The minimum atomic E-state index is 0.500. The van der Waals surface area contributed by atoms with Crippen LogP contribution in [0.5, 0.6) is 0 Å². The van der Waals surface area contributed by atoms with Crippen molar-refractivity contribution in [1.29, 1.82) is 0 Å². The van der Waals surface area contributed by atoms with Crippen LogP contribution in [-0.4, -0.2) is 0 Å². The molecular weight excluding hydrogens is 288 g/mol. The van der Waals surface area contributed by atoms with Crippen LogP contribution in [-0.2, 0) is 0 Å². The maximum atomic E-state index is 2.50. The summed E-state index contributed by atoms with van der Waals surface area (Å²) in [5.74, 6) is 2.11. The molecule has 0 aromatic carbocycles. The summed E-state index contributed by atoms with van der Waals surface area (Å²) in [6.07, 6.45) is 10.2. The van der Waals surface area contributed by atoms with Gasteiger partial charge in [-0.15, -0.1) is 0 Å². The van der Waals surface area contributed by atoms with Gasteiger partial charge in [-0.05, 0) is 73.8 Å². The van der Waals surface area contributed by atoms with Crippen LogP contribution < -0.4 is 0 Å². The van der Waals surface area contributed by atoms with Gasteiger partial charge in [0.2, 0.25) is 0 Å². The molecule has 0 radical (unpaired) electrons. The predicted molar refractivity (Wildman–Crippen MR) is 112 cm³/mol. The van der Waals surface area contributed by atoms with E-state index in [0.29, 0.717) is 17.3 Å². The Kier molecular flexibility index (Phi) is 10.9. The van der Waals surface area contributed by atoms with Crippen molar-refractivity contribution in [3.63, 3.8) is 0 Å². The van der Waals surface area contributed by atoms with Gasteiger partial charge in [-0.3, -0.25) is 0 Å². The minimum absolute atomic E-state index is 0.500. The van der Waals surface area contributed by atoms with E-state index in [4.69, 9.17) is 0 Å². The lowest BCUT2D eigenvalue weighted by Gasteiger charge is -2.27. The van der Waals surface area contributed by atoms with Crippen LogP contribution in [0.1, 0.15) is 108 Å². The molecule has 0 bridgehead atoms. The lowest BCUT2D eigenvalue weighted by atomic mass is 9.78. The maximum Gasteiger partial charge on any atom is -0.0165 e. The van der Waals surface area contributed by atoms with Gasteiger partial charge >= 0.3 is 0 Å². The Bertz CT molecular complexity index is 406. The molecule has 0 aromatic heterocycles. The molecule has 0 amide bonds. The summed E-state index contributed by atoms with van der Waals surface area (Å²) in [6, 6.07) is 0. The lowest BCUT2D eigenvalue weighted by Crippen LogP contribution is -2.13. The first-order valence-corrected chi connectivity index (χ1v) is 10.5. The van der Waals surface area contributed by atoms with E-state index in [0.717, 1.165) is 12.3 Å². The summed E-state index contributed by atoms with van der Waals surface area (Å²) in [4.78, 5) is 0. The second kappa shape index (κ2) is 11.2. The van der Waals surface area contributed by atoms with E-state index in [1.54, 1.807) is 16.7 Å². The Hall–Kier alpha value is -0.520. The highest BCUT2D eigenvalue weighted by Gasteiger charge is 2.20. The van der Waals surface area contributed by atoms with Crippen LogP contribution in [0.2, 0.25) is 0 Å². The summed E-state index contributed by atoms with van der Waals surface area (Å²) in [5.41, 5.74) is 5.30. The fourth-order valence-electron chi connectivity index (χ4n) is 3.50. The molecule has 142 valence electrons. The third-order valence-corrected chi connectivity index (χ3v) is 6.43. The molecule has 0 aliphatic carbocycles. The summed E-state index contributed by atoms with van der Waals surface area (Å²) in [5, 5.41) is 0. The van der Waals surface area contributed by atoms with Crippen molar-refractivity contribution in [3.05, 3.63) is 22.8 Å². The van der Waals surface area contributed by atoms with Gasteiger partial charge in [0.15, 0.2) is 0 Å². The minimum Gasteiger partial charge on any atom is -0.0810 e. The van der Waals surface area contributed by atoms with E-state index in [9.17, 15) is 0 Å². The SMILES string of the molecule is CC/C=C(\C(C)=C(/C)C(C)C(C)C)C(CC)CCCC(C)(C)CC. The van der Waals surface area contributed by atoms with Crippen molar-refractivity contribution in [2.75, 3.05) is 0 Å². The average molecular weight is 335 g/mol. The van der Waals surface area contributed by atoms with Gasteiger partial charge in [0.05, 0.1) is 0 Å². The normalized spacial score (nSPS) is 17.0. The average Bonchev–Trinajstić information content (AvgIpc) is 2.54. The second-order valence-corrected chi connectivity index (χ2v) is 8.92. The van der Waals surface area contributed by atoms with E-state index in [1.165, 1.54) is 32.1 Å². The number of rotatable bonds is 11. The Labute approximate surface area is 154 Å². The van der Waals surface area contributed by atoms with Crippen LogP contribution >= 0.6 is 0 Å². The predicted octanol–water partition coefficient (Wildman–Crippen LogP) is 8.58. The standard InChI is InChI=1S/C24H46/c1-11-15-23(21(8)20(7)19(6)18(4)5)22(12-2)16-14-17-24(9,10)13-3/h15,18-19,22H,11-14,16-17H2,1-10H3/b21-20+,23-15+.